The first-order valence-corrected chi connectivity index (χ1v) is 11.6. The van der Waals surface area contributed by atoms with E-state index in [0.29, 0.717) is 11.5 Å². The molecule has 0 N–H and O–H groups in total. The Hall–Kier alpha value is -1.65. The van der Waals surface area contributed by atoms with Gasteiger partial charge in [0.1, 0.15) is 8.07 Å². The normalized spacial score (nSPS) is 18.6. The van der Waals surface area contributed by atoms with Gasteiger partial charge in [-0.05, 0) is 36.9 Å². The molecular formula is C21H29O3Si. The van der Waals surface area contributed by atoms with Gasteiger partial charge in [-0.15, -0.1) is 13.2 Å². The first kappa shape index (κ1) is 19.7. The van der Waals surface area contributed by atoms with Crippen LogP contribution >= 0.6 is 0 Å². The van der Waals surface area contributed by atoms with Crippen molar-refractivity contribution in [1.29, 1.82) is 0 Å². The molecule has 0 amide bonds. The van der Waals surface area contributed by atoms with E-state index in [1.807, 2.05) is 23.5 Å². The lowest BCUT2D eigenvalue weighted by Crippen LogP contribution is -2.43. The van der Waals surface area contributed by atoms with Crippen LogP contribution in [0.25, 0.3) is 0 Å². The summed E-state index contributed by atoms with van der Waals surface area (Å²) in [7, 11) is -1.87. The SMILES string of the molecule is C=C[Si](C=C)(CC)c1ccc(C(=O)OO[C]2CCCCC2CC)cc1. The number of hydrogen-bond acceptors (Lipinski definition) is 3. The molecular weight excluding hydrogens is 328 g/mol. The van der Waals surface area contributed by atoms with Crippen molar-refractivity contribution in [3.8, 4) is 0 Å². The van der Waals surface area contributed by atoms with Crippen molar-refractivity contribution in [3.05, 3.63) is 60.5 Å². The molecule has 0 aromatic heterocycles. The third kappa shape index (κ3) is 4.50. The maximum atomic E-state index is 12.3. The van der Waals surface area contributed by atoms with E-state index >= 15 is 0 Å². The van der Waals surface area contributed by atoms with Crippen molar-refractivity contribution in [2.45, 2.75) is 52.0 Å². The van der Waals surface area contributed by atoms with Gasteiger partial charge in [-0.3, -0.25) is 4.89 Å². The summed E-state index contributed by atoms with van der Waals surface area (Å²) >= 11 is 0. The molecule has 0 heterocycles. The van der Waals surface area contributed by atoms with Crippen LogP contribution in [0.5, 0.6) is 0 Å². The van der Waals surface area contributed by atoms with Crippen LogP contribution in [-0.2, 0) is 9.78 Å². The molecule has 0 spiro atoms. The summed E-state index contributed by atoms with van der Waals surface area (Å²) in [5.41, 5.74) is 4.56. The van der Waals surface area contributed by atoms with Crippen molar-refractivity contribution >= 4 is 19.2 Å². The second-order valence-corrected chi connectivity index (χ2v) is 10.8. The summed E-state index contributed by atoms with van der Waals surface area (Å²) in [6.07, 6.45) is 6.25. The Labute approximate surface area is 152 Å². The Kier molecular flexibility index (Phi) is 7.20. The van der Waals surface area contributed by atoms with E-state index in [9.17, 15) is 4.79 Å². The van der Waals surface area contributed by atoms with E-state index in [4.69, 9.17) is 9.78 Å². The minimum Gasteiger partial charge on any atom is -0.292 e. The summed E-state index contributed by atoms with van der Waals surface area (Å²) in [6.45, 7) is 12.3. The number of benzene rings is 1. The highest BCUT2D eigenvalue weighted by Crippen LogP contribution is 2.34. The second kappa shape index (κ2) is 9.16. The van der Waals surface area contributed by atoms with Crippen LogP contribution in [0.4, 0.5) is 0 Å². The molecule has 1 saturated carbocycles. The third-order valence-corrected chi connectivity index (χ3v) is 9.41. The van der Waals surface area contributed by atoms with Gasteiger partial charge < -0.3 is 0 Å². The van der Waals surface area contributed by atoms with Crippen LogP contribution in [0.2, 0.25) is 6.04 Å². The van der Waals surface area contributed by atoms with E-state index in [2.05, 4.69) is 27.0 Å². The summed E-state index contributed by atoms with van der Waals surface area (Å²) in [5.74, 6) is -0.0410. The maximum Gasteiger partial charge on any atom is 0.373 e. The summed E-state index contributed by atoms with van der Waals surface area (Å²) < 4.78 is 0. The Morgan fingerprint density at radius 2 is 1.88 bits per heavy atom. The van der Waals surface area contributed by atoms with Gasteiger partial charge in [0.25, 0.3) is 0 Å². The monoisotopic (exact) mass is 357 g/mol. The molecule has 1 fully saturated rings. The fourth-order valence-corrected chi connectivity index (χ4v) is 5.88. The first-order chi connectivity index (χ1) is 12.1. The Morgan fingerprint density at radius 1 is 1.20 bits per heavy atom. The standard InChI is InChI=1S/C21H29O3Si/c1-5-17-11-9-10-12-20(17)23-24-21(22)18-13-15-19(16-14-18)25(6-2,7-3)8-4/h6-7,13-17H,2-3,5,8-12H2,1,4H3. The minimum atomic E-state index is -1.87. The maximum absolute atomic E-state index is 12.3. The fraction of sp³-hybridized carbons (Fsp3) is 0.429. The molecule has 2 rings (SSSR count). The van der Waals surface area contributed by atoms with Gasteiger partial charge in [0.05, 0.1) is 5.56 Å². The average Bonchev–Trinajstić information content (AvgIpc) is 2.68. The largest absolute Gasteiger partial charge is 0.373 e. The quantitative estimate of drug-likeness (QED) is 0.372. The van der Waals surface area contributed by atoms with Crippen molar-refractivity contribution in [2.75, 3.05) is 0 Å². The molecule has 25 heavy (non-hydrogen) atoms. The molecule has 0 aliphatic heterocycles. The Balaban J connectivity index is 2.00. The molecule has 1 aromatic carbocycles. The highest BCUT2D eigenvalue weighted by Gasteiger charge is 2.29. The lowest BCUT2D eigenvalue weighted by molar-refractivity contribution is -0.247. The molecule has 0 saturated heterocycles. The molecule has 3 nitrogen and oxygen atoms in total. The smallest absolute Gasteiger partial charge is 0.292 e. The van der Waals surface area contributed by atoms with E-state index < -0.39 is 14.0 Å². The van der Waals surface area contributed by atoms with Crippen LogP contribution in [0.1, 0.15) is 56.3 Å². The first-order valence-electron chi connectivity index (χ1n) is 9.22. The predicted molar refractivity (Wildman–Crippen MR) is 105 cm³/mol. The lowest BCUT2D eigenvalue weighted by Gasteiger charge is -2.27. The fourth-order valence-electron chi connectivity index (χ4n) is 3.46. The second-order valence-electron chi connectivity index (χ2n) is 6.65. The van der Waals surface area contributed by atoms with Gasteiger partial charge in [0.15, 0.2) is 6.10 Å². The van der Waals surface area contributed by atoms with E-state index in [1.165, 1.54) is 11.6 Å². The zero-order valence-electron chi connectivity index (χ0n) is 15.4. The molecule has 135 valence electrons. The van der Waals surface area contributed by atoms with Crippen molar-refractivity contribution in [3.63, 3.8) is 0 Å². The van der Waals surface area contributed by atoms with Gasteiger partial charge >= 0.3 is 5.97 Å². The zero-order valence-corrected chi connectivity index (χ0v) is 16.4. The Bertz CT molecular complexity index is 586. The molecule has 0 bridgehead atoms. The van der Waals surface area contributed by atoms with Gasteiger partial charge in [0, 0.05) is 0 Å². The molecule has 1 unspecified atom stereocenters. The number of hydrogen-bond donors (Lipinski definition) is 0. The highest BCUT2D eigenvalue weighted by atomic mass is 28.3. The molecule has 1 atom stereocenters. The van der Waals surface area contributed by atoms with Crippen LogP contribution in [-0.4, -0.2) is 14.0 Å². The highest BCUT2D eigenvalue weighted by molar-refractivity contribution is 6.99. The molecule has 1 radical (unpaired) electrons. The number of carbonyl (C=O) groups is 1. The topological polar surface area (TPSA) is 35.5 Å². The van der Waals surface area contributed by atoms with E-state index in [1.54, 1.807) is 12.1 Å². The van der Waals surface area contributed by atoms with Gasteiger partial charge in [-0.1, -0.05) is 61.8 Å². The van der Waals surface area contributed by atoms with Gasteiger partial charge in [0.2, 0.25) is 0 Å². The third-order valence-electron chi connectivity index (χ3n) is 5.37. The summed E-state index contributed by atoms with van der Waals surface area (Å²) in [6, 6.07) is 8.57. The average molecular weight is 358 g/mol. The predicted octanol–water partition coefficient (Wildman–Crippen LogP) is 5.03. The van der Waals surface area contributed by atoms with Gasteiger partial charge in [-0.25, -0.2) is 4.79 Å². The van der Waals surface area contributed by atoms with Gasteiger partial charge in [-0.2, -0.15) is 4.89 Å². The van der Waals surface area contributed by atoms with E-state index in [-0.39, 0.29) is 0 Å². The number of rotatable bonds is 8. The zero-order chi connectivity index (χ0) is 18.3. The Morgan fingerprint density at radius 3 is 2.44 bits per heavy atom. The molecule has 4 heteroatoms. The van der Waals surface area contributed by atoms with Crippen molar-refractivity contribution in [2.24, 2.45) is 5.92 Å². The molecule has 1 aliphatic carbocycles. The summed E-state index contributed by atoms with van der Waals surface area (Å²) in [5, 5.41) is 1.20. The summed E-state index contributed by atoms with van der Waals surface area (Å²) in [4.78, 5) is 22.8. The minimum absolute atomic E-state index is 0.403. The lowest BCUT2D eigenvalue weighted by atomic mass is 9.85. The number of carbonyl (C=O) groups excluding carboxylic acids is 1. The van der Waals surface area contributed by atoms with Crippen LogP contribution in [0.15, 0.2) is 48.8 Å². The molecule has 1 aromatic rings. The molecule has 1 aliphatic rings. The van der Waals surface area contributed by atoms with Crippen LogP contribution in [0.3, 0.4) is 0 Å². The van der Waals surface area contributed by atoms with Crippen molar-refractivity contribution in [1.82, 2.24) is 0 Å². The van der Waals surface area contributed by atoms with Crippen LogP contribution in [0, 0.1) is 12.0 Å². The van der Waals surface area contributed by atoms with Crippen LogP contribution < -0.4 is 5.19 Å². The van der Waals surface area contributed by atoms with E-state index in [0.717, 1.165) is 37.8 Å². The van der Waals surface area contributed by atoms with Crippen molar-refractivity contribution < 1.29 is 14.6 Å².